The smallest absolute Gasteiger partial charge is 0.138 e. The minimum Gasteiger partial charge on any atom is -0.376 e. The zero-order valence-corrected chi connectivity index (χ0v) is 11.9. The van der Waals surface area contributed by atoms with Crippen molar-refractivity contribution in [3.05, 3.63) is 17.0 Å². The lowest BCUT2D eigenvalue weighted by molar-refractivity contribution is -0.0601. The first kappa shape index (κ1) is 13.6. The van der Waals surface area contributed by atoms with Crippen LogP contribution in [0.15, 0.2) is 6.33 Å². The van der Waals surface area contributed by atoms with Gasteiger partial charge in [0.15, 0.2) is 0 Å². The van der Waals surface area contributed by atoms with E-state index in [0.717, 1.165) is 30.8 Å². The normalized spacial score (nSPS) is 17.6. The van der Waals surface area contributed by atoms with Gasteiger partial charge in [-0.15, -0.1) is 0 Å². The van der Waals surface area contributed by atoms with Crippen LogP contribution in [0.5, 0.6) is 0 Å². The SMILES string of the molecule is COC1(CNc2ncnc(Cl)c2C(C)C)CCC1. The summed E-state index contributed by atoms with van der Waals surface area (Å²) in [5.74, 6) is 1.12. The molecule has 1 aliphatic carbocycles. The molecule has 0 atom stereocenters. The minimum absolute atomic E-state index is 0.0221. The molecule has 5 heteroatoms. The Balaban J connectivity index is 2.11. The molecule has 18 heavy (non-hydrogen) atoms. The number of anilines is 1. The van der Waals surface area contributed by atoms with Crippen LogP contribution < -0.4 is 5.32 Å². The van der Waals surface area contributed by atoms with Gasteiger partial charge in [0.05, 0.1) is 5.60 Å². The zero-order valence-electron chi connectivity index (χ0n) is 11.2. The molecule has 0 bridgehead atoms. The molecular weight excluding hydrogens is 250 g/mol. The number of halogens is 1. The molecule has 1 aromatic heterocycles. The fourth-order valence-electron chi connectivity index (χ4n) is 2.30. The van der Waals surface area contributed by atoms with Gasteiger partial charge in [0.2, 0.25) is 0 Å². The largest absolute Gasteiger partial charge is 0.376 e. The number of nitrogens with zero attached hydrogens (tertiary/aromatic N) is 2. The van der Waals surface area contributed by atoms with Gasteiger partial charge in [0.25, 0.3) is 0 Å². The Kier molecular flexibility index (Phi) is 4.07. The summed E-state index contributed by atoms with van der Waals surface area (Å²) in [4.78, 5) is 8.34. The van der Waals surface area contributed by atoms with Gasteiger partial charge < -0.3 is 10.1 Å². The molecule has 0 radical (unpaired) electrons. The summed E-state index contributed by atoms with van der Waals surface area (Å²) in [6.45, 7) is 4.95. The third-order valence-electron chi connectivity index (χ3n) is 3.69. The number of hydrogen-bond donors (Lipinski definition) is 1. The maximum Gasteiger partial charge on any atom is 0.138 e. The summed E-state index contributed by atoms with van der Waals surface area (Å²) in [6, 6.07) is 0. The van der Waals surface area contributed by atoms with Crippen molar-refractivity contribution < 1.29 is 4.74 Å². The van der Waals surface area contributed by atoms with E-state index in [9.17, 15) is 0 Å². The van der Waals surface area contributed by atoms with Crippen LogP contribution in [0, 0.1) is 0 Å². The third-order valence-corrected chi connectivity index (χ3v) is 3.99. The van der Waals surface area contributed by atoms with Gasteiger partial charge in [-0.2, -0.15) is 0 Å². The van der Waals surface area contributed by atoms with Crippen molar-refractivity contribution >= 4 is 17.4 Å². The van der Waals surface area contributed by atoms with Gasteiger partial charge in [-0.1, -0.05) is 25.4 Å². The second kappa shape index (κ2) is 5.41. The van der Waals surface area contributed by atoms with Crippen molar-refractivity contribution in [2.75, 3.05) is 19.0 Å². The molecular formula is C13H20ClN3O. The molecule has 1 aliphatic rings. The Bertz CT molecular complexity index is 413. The van der Waals surface area contributed by atoms with Crippen LogP contribution in [-0.4, -0.2) is 29.2 Å². The molecule has 100 valence electrons. The lowest BCUT2D eigenvalue weighted by Crippen LogP contribution is -2.45. The highest BCUT2D eigenvalue weighted by molar-refractivity contribution is 6.30. The van der Waals surface area contributed by atoms with E-state index >= 15 is 0 Å². The van der Waals surface area contributed by atoms with Crippen LogP contribution in [-0.2, 0) is 4.74 Å². The summed E-state index contributed by atoms with van der Waals surface area (Å²) >= 11 is 6.13. The van der Waals surface area contributed by atoms with Gasteiger partial charge in [0, 0.05) is 19.2 Å². The standard InChI is InChI=1S/C13H20ClN3O/c1-9(2)10-11(14)16-8-17-12(10)15-7-13(18-3)5-4-6-13/h8-9H,4-7H2,1-3H3,(H,15,16,17). The van der Waals surface area contributed by atoms with Crippen molar-refractivity contribution in [1.29, 1.82) is 0 Å². The summed E-state index contributed by atoms with van der Waals surface area (Å²) < 4.78 is 5.59. The number of methoxy groups -OCH3 is 1. The summed E-state index contributed by atoms with van der Waals surface area (Å²) in [7, 11) is 1.77. The number of hydrogen-bond acceptors (Lipinski definition) is 4. The first-order chi connectivity index (χ1) is 8.58. The predicted molar refractivity (Wildman–Crippen MR) is 73.2 cm³/mol. The molecule has 4 nitrogen and oxygen atoms in total. The van der Waals surface area contributed by atoms with E-state index in [2.05, 4.69) is 29.1 Å². The molecule has 1 saturated carbocycles. The zero-order chi connectivity index (χ0) is 13.2. The Morgan fingerprint density at radius 2 is 2.17 bits per heavy atom. The molecule has 0 amide bonds. The first-order valence-electron chi connectivity index (χ1n) is 6.37. The number of aromatic nitrogens is 2. The Morgan fingerprint density at radius 1 is 1.44 bits per heavy atom. The fraction of sp³-hybridized carbons (Fsp3) is 0.692. The molecule has 0 aliphatic heterocycles. The molecule has 0 spiro atoms. The topological polar surface area (TPSA) is 47.0 Å². The lowest BCUT2D eigenvalue weighted by atomic mass is 9.80. The molecule has 1 fully saturated rings. The highest BCUT2D eigenvalue weighted by Crippen LogP contribution is 2.36. The third kappa shape index (κ3) is 2.59. The first-order valence-corrected chi connectivity index (χ1v) is 6.75. The van der Waals surface area contributed by atoms with Crippen LogP contribution in [0.3, 0.4) is 0 Å². The van der Waals surface area contributed by atoms with Crippen molar-refractivity contribution in [3.63, 3.8) is 0 Å². The molecule has 0 unspecified atom stereocenters. The van der Waals surface area contributed by atoms with Gasteiger partial charge in [-0.05, 0) is 25.2 Å². The van der Waals surface area contributed by atoms with Crippen LogP contribution in [0.25, 0.3) is 0 Å². The fourth-order valence-corrected chi connectivity index (χ4v) is 2.65. The number of nitrogens with one attached hydrogen (secondary N) is 1. The van der Waals surface area contributed by atoms with E-state index in [0.29, 0.717) is 11.1 Å². The van der Waals surface area contributed by atoms with Gasteiger partial charge in [0.1, 0.15) is 17.3 Å². The van der Waals surface area contributed by atoms with Crippen LogP contribution >= 0.6 is 11.6 Å². The second-order valence-electron chi connectivity index (χ2n) is 5.18. The highest BCUT2D eigenvalue weighted by Gasteiger charge is 2.37. The van der Waals surface area contributed by atoms with Crippen LogP contribution in [0.4, 0.5) is 5.82 Å². The van der Waals surface area contributed by atoms with Crippen molar-refractivity contribution in [2.24, 2.45) is 0 Å². The molecule has 0 saturated heterocycles. The van der Waals surface area contributed by atoms with Gasteiger partial charge >= 0.3 is 0 Å². The summed E-state index contributed by atoms with van der Waals surface area (Å²) in [5, 5.41) is 3.90. The Hall–Kier alpha value is -0.870. The van der Waals surface area contributed by atoms with Gasteiger partial charge in [-0.25, -0.2) is 9.97 Å². The Morgan fingerprint density at radius 3 is 2.67 bits per heavy atom. The van der Waals surface area contributed by atoms with E-state index < -0.39 is 0 Å². The van der Waals surface area contributed by atoms with Crippen molar-refractivity contribution in [1.82, 2.24) is 9.97 Å². The molecule has 1 aromatic rings. The van der Waals surface area contributed by atoms with E-state index in [4.69, 9.17) is 16.3 Å². The van der Waals surface area contributed by atoms with E-state index in [1.54, 1.807) is 7.11 Å². The maximum atomic E-state index is 6.13. The van der Waals surface area contributed by atoms with E-state index in [-0.39, 0.29) is 5.60 Å². The molecule has 1 heterocycles. The molecule has 0 aromatic carbocycles. The average Bonchev–Trinajstić information content (AvgIpc) is 2.27. The quantitative estimate of drug-likeness (QED) is 0.834. The summed E-state index contributed by atoms with van der Waals surface area (Å²) in [6.07, 6.45) is 4.94. The number of ether oxygens (including phenoxy) is 1. The highest BCUT2D eigenvalue weighted by atomic mass is 35.5. The van der Waals surface area contributed by atoms with E-state index in [1.165, 1.54) is 12.7 Å². The average molecular weight is 270 g/mol. The maximum absolute atomic E-state index is 6.13. The second-order valence-corrected chi connectivity index (χ2v) is 5.53. The Labute approximate surface area is 113 Å². The van der Waals surface area contributed by atoms with Crippen LogP contribution in [0.1, 0.15) is 44.6 Å². The number of rotatable bonds is 5. The van der Waals surface area contributed by atoms with E-state index in [1.807, 2.05) is 0 Å². The van der Waals surface area contributed by atoms with Crippen molar-refractivity contribution in [2.45, 2.75) is 44.6 Å². The lowest BCUT2D eigenvalue weighted by Gasteiger charge is -2.40. The minimum atomic E-state index is -0.0221. The monoisotopic (exact) mass is 269 g/mol. The van der Waals surface area contributed by atoms with Crippen molar-refractivity contribution in [3.8, 4) is 0 Å². The molecule has 2 rings (SSSR count). The predicted octanol–water partition coefficient (Wildman–Crippen LogP) is 3.23. The van der Waals surface area contributed by atoms with Gasteiger partial charge in [-0.3, -0.25) is 0 Å². The molecule has 1 N–H and O–H groups in total. The van der Waals surface area contributed by atoms with Crippen LogP contribution in [0.2, 0.25) is 5.15 Å². The summed E-state index contributed by atoms with van der Waals surface area (Å²) in [5.41, 5.74) is 0.954.